The van der Waals surface area contributed by atoms with Gasteiger partial charge < -0.3 is 10.2 Å². The van der Waals surface area contributed by atoms with Gasteiger partial charge in [0.2, 0.25) is 0 Å². The summed E-state index contributed by atoms with van der Waals surface area (Å²) in [6.07, 6.45) is 1.07. The Bertz CT molecular complexity index is 2400. The zero-order valence-electron chi connectivity index (χ0n) is 28.4. The zero-order chi connectivity index (χ0) is 34.4. The second-order valence-corrected chi connectivity index (χ2v) is 13.8. The minimum Gasteiger partial charge on any atom is -0.396 e. The van der Waals surface area contributed by atoms with Crippen LogP contribution in [0.2, 0.25) is 0 Å². The van der Waals surface area contributed by atoms with E-state index in [1.165, 1.54) is 66.1 Å². The lowest BCUT2D eigenvalue weighted by atomic mass is 9.72. The van der Waals surface area contributed by atoms with Crippen molar-refractivity contribution in [2.75, 3.05) is 13.2 Å². The highest BCUT2D eigenvalue weighted by molar-refractivity contribution is 5.91. The molecule has 0 saturated heterocycles. The summed E-state index contributed by atoms with van der Waals surface area (Å²) in [4.78, 5) is 0. The molecule has 0 aromatic heterocycles. The van der Waals surface area contributed by atoms with Crippen molar-refractivity contribution in [3.63, 3.8) is 0 Å². The third-order valence-electron chi connectivity index (χ3n) is 11.0. The van der Waals surface area contributed by atoms with E-state index >= 15 is 0 Å². The van der Waals surface area contributed by atoms with Crippen LogP contribution < -0.4 is 0 Å². The molecule has 0 saturated carbocycles. The van der Waals surface area contributed by atoms with Crippen LogP contribution in [0.1, 0.15) is 24.0 Å². The SMILES string of the molecule is OCCC1(CCO)c2cc(-c3cccc(-c4ccc5ccccc5c4)c3)ccc2-c2ccc(-c3cccc(-c4ccc5ccccc5c4)c3)cc21. The van der Waals surface area contributed by atoms with Gasteiger partial charge in [0.25, 0.3) is 0 Å². The molecule has 0 spiro atoms. The summed E-state index contributed by atoms with van der Waals surface area (Å²) in [5.41, 5.74) is 13.5. The van der Waals surface area contributed by atoms with Crippen LogP contribution in [-0.4, -0.2) is 23.4 Å². The van der Waals surface area contributed by atoms with Gasteiger partial charge in [-0.3, -0.25) is 0 Å². The van der Waals surface area contributed by atoms with Crippen LogP contribution in [0.5, 0.6) is 0 Å². The molecule has 8 aromatic carbocycles. The zero-order valence-corrected chi connectivity index (χ0v) is 28.4. The van der Waals surface area contributed by atoms with Crippen LogP contribution in [0.25, 0.3) is 77.2 Å². The van der Waals surface area contributed by atoms with E-state index in [0.717, 1.165) is 22.3 Å². The van der Waals surface area contributed by atoms with Crippen LogP contribution in [0, 0.1) is 0 Å². The van der Waals surface area contributed by atoms with Gasteiger partial charge in [-0.2, -0.15) is 0 Å². The van der Waals surface area contributed by atoms with Gasteiger partial charge in [0.1, 0.15) is 0 Å². The summed E-state index contributed by atoms with van der Waals surface area (Å²) in [5, 5.41) is 26.0. The number of hydrogen-bond donors (Lipinski definition) is 2. The van der Waals surface area contributed by atoms with Gasteiger partial charge in [-0.05, 0) is 138 Å². The average Bonchev–Trinajstić information content (AvgIpc) is 3.45. The van der Waals surface area contributed by atoms with Crippen LogP contribution in [0.15, 0.2) is 170 Å². The van der Waals surface area contributed by atoms with Gasteiger partial charge in [0, 0.05) is 18.6 Å². The van der Waals surface area contributed by atoms with Gasteiger partial charge in [-0.25, -0.2) is 0 Å². The Labute approximate surface area is 298 Å². The summed E-state index contributed by atoms with van der Waals surface area (Å²) in [7, 11) is 0. The second-order valence-electron chi connectivity index (χ2n) is 13.8. The fraction of sp³-hybridized carbons (Fsp3) is 0.102. The normalized spacial score (nSPS) is 13.0. The molecule has 0 unspecified atom stereocenters. The largest absolute Gasteiger partial charge is 0.396 e. The molecule has 1 aliphatic carbocycles. The van der Waals surface area contributed by atoms with Crippen LogP contribution in [0.4, 0.5) is 0 Å². The maximum atomic E-state index is 10.5. The highest BCUT2D eigenvalue weighted by Gasteiger charge is 2.42. The Morgan fingerprint density at radius 2 is 0.667 bits per heavy atom. The van der Waals surface area contributed by atoms with Crippen molar-refractivity contribution < 1.29 is 10.2 Å². The van der Waals surface area contributed by atoms with Gasteiger partial charge >= 0.3 is 0 Å². The number of hydrogen-bond acceptors (Lipinski definition) is 2. The van der Waals surface area contributed by atoms with Crippen molar-refractivity contribution in [2.45, 2.75) is 18.3 Å². The smallest absolute Gasteiger partial charge is 0.0442 e. The standard InChI is InChI=1S/C49H38O2/c50-25-23-49(24-26-51)47-31-43(39-13-5-11-37(29-39)41-17-15-33-7-1-3-9-35(33)27-41)19-21-45(47)46-22-20-44(32-48(46)49)40-14-6-12-38(30-40)42-18-16-34-8-2-4-10-36(34)28-42/h1-22,27-32,50-51H,23-26H2. The summed E-state index contributed by atoms with van der Waals surface area (Å²) in [5.74, 6) is 0. The van der Waals surface area contributed by atoms with Gasteiger partial charge in [0.15, 0.2) is 0 Å². The first-order valence-corrected chi connectivity index (χ1v) is 17.8. The summed E-state index contributed by atoms with van der Waals surface area (Å²) < 4.78 is 0. The lowest BCUT2D eigenvalue weighted by Crippen LogP contribution is -2.28. The van der Waals surface area contributed by atoms with E-state index < -0.39 is 5.41 Å². The van der Waals surface area contributed by atoms with E-state index in [1.54, 1.807) is 0 Å². The molecule has 8 aromatic rings. The third kappa shape index (κ3) is 5.45. The molecule has 0 atom stereocenters. The van der Waals surface area contributed by atoms with Gasteiger partial charge in [0.05, 0.1) is 0 Å². The Hall–Kier alpha value is -5.80. The maximum Gasteiger partial charge on any atom is 0.0442 e. The average molecular weight is 659 g/mol. The van der Waals surface area contributed by atoms with Crippen LogP contribution in [-0.2, 0) is 5.41 Å². The lowest BCUT2D eigenvalue weighted by molar-refractivity contribution is 0.213. The molecule has 2 nitrogen and oxygen atoms in total. The predicted octanol–water partition coefficient (Wildman–Crippen LogP) is 11.7. The van der Waals surface area contributed by atoms with Gasteiger partial charge in [-0.15, -0.1) is 0 Å². The minimum atomic E-state index is -0.508. The Morgan fingerprint density at radius 3 is 1.08 bits per heavy atom. The molecular formula is C49H38O2. The molecule has 246 valence electrons. The molecule has 0 amide bonds. The third-order valence-corrected chi connectivity index (χ3v) is 11.0. The maximum absolute atomic E-state index is 10.5. The topological polar surface area (TPSA) is 40.5 Å². The minimum absolute atomic E-state index is 0.0300. The first-order valence-electron chi connectivity index (χ1n) is 17.8. The fourth-order valence-corrected chi connectivity index (χ4v) is 8.39. The molecule has 0 heterocycles. The van der Waals surface area contributed by atoms with E-state index in [0.29, 0.717) is 12.8 Å². The molecule has 2 N–H and O–H groups in total. The summed E-state index contributed by atoms with van der Waals surface area (Å²) >= 11 is 0. The highest BCUT2D eigenvalue weighted by atomic mass is 16.3. The summed E-state index contributed by atoms with van der Waals surface area (Å²) in [6, 6.07) is 61.3. The van der Waals surface area contributed by atoms with Crippen molar-refractivity contribution in [2.24, 2.45) is 0 Å². The number of fused-ring (bicyclic) bond motifs is 5. The number of aliphatic hydroxyl groups excluding tert-OH is 2. The van der Waals surface area contributed by atoms with E-state index in [-0.39, 0.29) is 13.2 Å². The molecule has 9 rings (SSSR count). The van der Waals surface area contributed by atoms with Crippen molar-refractivity contribution in [1.82, 2.24) is 0 Å². The van der Waals surface area contributed by atoms with E-state index in [2.05, 4.69) is 170 Å². The molecule has 0 bridgehead atoms. The van der Waals surface area contributed by atoms with Crippen LogP contribution >= 0.6 is 0 Å². The number of benzene rings is 8. The van der Waals surface area contributed by atoms with E-state index in [4.69, 9.17) is 0 Å². The van der Waals surface area contributed by atoms with Crippen molar-refractivity contribution in [3.8, 4) is 55.6 Å². The number of rotatable bonds is 8. The van der Waals surface area contributed by atoms with Crippen LogP contribution in [0.3, 0.4) is 0 Å². The quantitative estimate of drug-likeness (QED) is 0.171. The fourth-order valence-electron chi connectivity index (χ4n) is 8.39. The van der Waals surface area contributed by atoms with Crippen molar-refractivity contribution in [3.05, 3.63) is 181 Å². The van der Waals surface area contributed by atoms with Crippen molar-refractivity contribution in [1.29, 1.82) is 0 Å². The Balaban J connectivity index is 1.11. The monoisotopic (exact) mass is 658 g/mol. The Morgan fingerprint density at radius 1 is 0.314 bits per heavy atom. The molecular weight excluding hydrogens is 621 g/mol. The Kier molecular flexibility index (Phi) is 7.85. The number of aliphatic hydroxyl groups is 2. The van der Waals surface area contributed by atoms with Crippen molar-refractivity contribution >= 4 is 21.5 Å². The second kappa shape index (κ2) is 12.8. The molecule has 0 aliphatic heterocycles. The van der Waals surface area contributed by atoms with E-state index in [9.17, 15) is 10.2 Å². The first-order chi connectivity index (χ1) is 25.1. The lowest BCUT2D eigenvalue weighted by Gasteiger charge is -2.31. The van der Waals surface area contributed by atoms with Gasteiger partial charge in [-0.1, -0.05) is 133 Å². The molecule has 1 aliphatic rings. The molecule has 2 heteroatoms. The summed E-state index contributed by atoms with van der Waals surface area (Å²) in [6.45, 7) is 0.0600. The first kappa shape index (κ1) is 31.2. The molecule has 0 fully saturated rings. The molecule has 0 radical (unpaired) electrons. The predicted molar refractivity (Wildman–Crippen MR) is 213 cm³/mol. The highest BCUT2D eigenvalue weighted by Crippen LogP contribution is 2.54. The van der Waals surface area contributed by atoms with E-state index in [1.807, 2.05) is 0 Å². The molecule has 51 heavy (non-hydrogen) atoms.